The highest BCUT2D eigenvalue weighted by atomic mass is 16.5. The molecule has 1 aromatic carbocycles. The van der Waals surface area contributed by atoms with Gasteiger partial charge in [-0.05, 0) is 38.7 Å². The molecule has 2 fully saturated rings. The van der Waals surface area contributed by atoms with Crippen molar-refractivity contribution in [3.05, 3.63) is 42.7 Å². The predicted molar refractivity (Wildman–Crippen MR) is 120 cm³/mol. The maximum absolute atomic E-state index is 6.50. The first-order chi connectivity index (χ1) is 15.2. The van der Waals surface area contributed by atoms with Gasteiger partial charge in [-0.3, -0.25) is 4.98 Å². The summed E-state index contributed by atoms with van der Waals surface area (Å²) in [5.41, 5.74) is 3.81. The van der Waals surface area contributed by atoms with Crippen LogP contribution in [0.15, 0.2) is 36.9 Å². The third-order valence-corrected chi connectivity index (χ3v) is 6.02. The molecule has 5 rings (SSSR count). The third-order valence-electron chi connectivity index (χ3n) is 6.02. The second-order valence-corrected chi connectivity index (χ2v) is 8.22. The Hall–Kier alpha value is -3.00. The van der Waals surface area contributed by atoms with Crippen LogP contribution in [0.1, 0.15) is 31.5 Å². The molecule has 3 aromatic rings. The molecule has 8 nitrogen and oxygen atoms in total. The minimum absolute atomic E-state index is 0.178. The topological polar surface area (TPSA) is 85.3 Å². The van der Waals surface area contributed by atoms with Crippen LogP contribution in [0.4, 0.5) is 11.4 Å². The lowest BCUT2D eigenvalue weighted by molar-refractivity contribution is 0.122. The van der Waals surface area contributed by atoms with Crippen molar-refractivity contribution in [1.29, 1.82) is 0 Å². The average molecular weight is 421 g/mol. The summed E-state index contributed by atoms with van der Waals surface area (Å²) < 4.78 is 12.0. The first-order valence-electron chi connectivity index (χ1n) is 11.0. The fourth-order valence-corrected chi connectivity index (χ4v) is 4.33. The largest absolute Gasteiger partial charge is 0.488 e. The smallest absolute Gasteiger partial charge is 0.149 e. The maximum atomic E-state index is 6.50. The third kappa shape index (κ3) is 4.69. The lowest BCUT2D eigenvalue weighted by Gasteiger charge is -2.31. The van der Waals surface area contributed by atoms with Gasteiger partial charge in [-0.25, -0.2) is 15.0 Å². The number of benzene rings is 1. The van der Waals surface area contributed by atoms with E-state index in [2.05, 4.69) is 42.3 Å². The minimum atomic E-state index is 0.178. The van der Waals surface area contributed by atoms with Gasteiger partial charge in [0.15, 0.2) is 0 Å². The van der Waals surface area contributed by atoms with E-state index in [4.69, 9.17) is 9.47 Å². The second kappa shape index (κ2) is 9.01. The van der Waals surface area contributed by atoms with Gasteiger partial charge in [-0.2, -0.15) is 0 Å². The number of aryl methyl sites for hydroxylation is 1. The number of hydrogen-bond acceptors (Lipinski definition) is 8. The van der Waals surface area contributed by atoms with E-state index in [1.54, 1.807) is 12.4 Å². The van der Waals surface area contributed by atoms with Crippen molar-refractivity contribution in [2.45, 2.75) is 44.8 Å². The molecular formula is C23H28N6O2. The average Bonchev–Trinajstić information content (AvgIpc) is 2.82. The van der Waals surface area contributed by atoms with Crippen LogP contribution in [0, 0.1) is 6.92 Å². The lowest BCUT2D eigenvalue weighted by atomic mass is 9.93. The quantitative estimate of drug-likeness (QED) is 0.673. The lowest BCUT2D eigenvalue weighted by Crippen LogP contribution is -2.36. The molecule has 1 aliphatic heterocycles. The Morgan fingerprint density at radius 1 is 0.968 bits per heavy atom. The van der Waals surface area contributed by atoms with Crippen LogP contribution in [0.3, 0.4) is 0 Å². The van der Waals surface area contributed by atoms with Crippen molar-refractivity contribution in [3.63, 3.8) is 0 Å². The molecule has 0 unspecified atom stereocenters. The van der Waals surface area contributed by atoms with E-state index < -0.39 is 0 Å². The van der Waals surface area contributed by atoms with Gasteiger partial charge in [-0.15, -0.1) is 0 Å². The van der Waals surface area contributed by atoms with Crippen LogP contribution in [0.5, 0.6) is 5.75 Å². The SMILES string of the molecule is Cc1ncc(N[C@H]2CC[C@@H](Oc3cc(N4CCOCC4)cc4nccnc34)CC2)cn1. The monoisotopic (exact) mass is 420 g/mol. The summed E-state index contributed by atoms with van der Waals surface area (Å²) in [5.74, 6) is 1.62. The highest BCUT2D eigenvalue weighted by Gasteiger charge is 2.24. The summed E-state index contributed by atoms with van der Waals surface area (Å²) in [6.07, 6.45) is 11.4. The van der Waals surface area contributed by atoms with Crippen LogP contribution >= 0.6 is 0 Å². The first-order valence-corrected chi connectivity index (χ1v) is 11.0. The standard InChI is InChI=1S/C23H28N6O2/c1-16-26-14-18(15-27-16)28-17-2-4-20(5-3-17)31-22-13-19(29-8-10-30-11-9-29)12-21-23(22)25-7-6-24-21/h6-7,12-15,17,20,28H,2-5,8-11H2,1H3/t17-,20+. The minimum Gasteiger partial charge on any atom is -0.488 e. The Morgan fingerprint density at radius 3 is 2.48 bits per heavy atom. The Balaban J connectivity index is 1.27. The Labute approximate surface area is 182 Å². The summed E-state index contributed by atoms with van der Waals surface area (Å²) >= 11 is 0. The zero-order valence-corrected chi connectivity index (χ0v) is 17.8. The molecule has 31 heavy (non-hydrogen) atoms. The molecule has 1 saturated carbocycles. The predicted octanol–water partition coefficient (Wildman–Crippen LogP) is 3.37. The molecule has 0 atom stereocenters. The molecule has 2 aromatic heterocycles. The van der Waals surface area contributed by atoms with Gasteiger partial charge >= 0.3 is 0 Å². The highest BCUT2D eigenvalue weighted by molar-refractivity contribution is 5.85. The van der Waals surface area contributed by atoms with E-state index in [-0.39, 0.29) is 6.10 Å². The number of aromatic nitrogens is 4. The number of nitrogens with zero attached hydrogens (tertiary/aromatic N) is 5. The van der Waals surface area contributed by atoms with E-state index in [0.717, 1.165) is 86.0 Å². The maximum Gasteiger partial charge on any atom is 0.149 e. The van der Waals surface area contributed by atoms with Gasteiger partial charge < -0.3 is 19.7 Å². The molecule has 1 saturated heterocycles. The van der Waals surface area contributed by atoms with E-state index in [1.165, 1.54) is 0 Å². The number of nitrogens with one attached hydrogen (secondary N) is 1. The second-order valence-electron chi connectivity index (χ2n) is 8.22. The van der Waals surface area contributed by atoms with Crippen molar-refractivity contribution in [3.8, 4) is 5.75 Å². The Morgan fingerprint density at radius 2 is 1.71 bits per heavy atom. The molecule has 3 heterocycles. The van der Waals surface area contributed by atoms with Crippen LogP contribution in [0.25, 0.3) is 11.0 Å². The van der Waals surface area contributed by atoms with Crippen LogP contribution in [-0.2, 0) is 4.74 Å². The summed E-state index contributed by atoms with van der Waals surface area (Å²) in [5, 5.41) is 3.55. The zero-order chi connectivity index (χ0) is 21.0. The fraction of sp³-hybridized carbons (Fsp3) is 0.478. The van der Waals surface area contributed by atoms with Gasteiger partial charge in [0.2, 0.25) is 0 Å². The number of anilines is 2. The van der Waals surface area contributed by atoms with Crippen LogP contribution < -0.4 is 15.0 Å². The Bertz CT molecular complexity index is 1010. The molecule has 0 bridgehead atoms. The molecule has 162 valence electrons. The Kier molecular flexibility index (Phi) is 5.80. The molecule has 1 N–H and O–H groups in total. The number of ether oxygens (including phenoxy) is 2. The van der Waals surface area contributed by atoms with Crippen LogP contribution in [0.2, 0.25) is 0 Å². The van der Waals surface area contributed by atoms with Gasteiger partial charge in [0.25, 0.3) is 0 Å². The van der Waals surface area contributed by atoms with Crippen molar-refractivity contribution in [2.75, 3.05) is 36.5 Å². The molecule has 1 aliphatic carbocycles. The summed E-state index contributed by atoms with van der Waals surface area (Å²) in [4.78, 5) is 20.0. The van der Waals surface area contributed by atoms with Gasteiger partial charge in [-0.1, -0.05) is 0 Å². The van der Waals surface area contributed by atoms with Gasteiger partial charge in [0.05, 0.1) is 42.9 Å². The summed E-state index contributed by atoms with van der Waals surface area (Å²) in [6, 6.07) is 4.64. The van der Waals surface area contributed by atoms with Crippen molar-refractivity contribution >= 4 is 22.4 Å². The van der Waals surface area contributed by atoms with Crippen molar-refractivity contribution < 1.29 is 9.47 Å². The molecular weight excluding hydrogens is 392 g/mol. The van der Waals surface area contributed by atoms with Gasteiger partial charge in [0.1, 0.15) is 17.1 Å². The molecule has 0 radical (unpaired) electrons. The summed E-state index contributed by atoms with van der Waals surface area (Å²) in [6.45, 7) is 5.15. The van der Waals surface area contributed by atoms with E-state index in [9.17, 15) is 0 Å². The van der Waals surface area contributed by atoms with Crippen LogP contribution in [-0.4, -0.2) is 58.4 Å². The molecule has 8 heteroatoms. The molecule has 2 aliphatic rings. The molecule has 0 amide bonds. The normalized spacial score (nSPS) is 21.8. The van der Waals surface area contributed by atoms with E-state index in [1.807, 2.05) is 19.3 Å². The first kappa shape index (κ1) is 19.9. The summed E-state index contributed by atoms with van der Waals surface area (Å²) in [7, 11) is 0. The van der Waals surface area contributed by atoms with Crippen molar-refractivity contribution in [2.24, 2.45) is 0 Å². The number of hydrogen-bond donors (Lipinski definition) is 1. The number of morpholine rings is 1. The number of fused-ring (bicyclic) bond motifs is 1. The molecule has 0 spiro atoms. The van der Waals surface area contributed by atoms with Crippen molar-refractivity contribution in [1.82, 2.24) is 19.9 Å². The highest BCUT2D eigenvalue weighted by Crippen LogP contribution is 2.33. The number of rotatable bonds is 5. The van der Waals surface area contributed by atoms with E-state index >= 15 is 0 Å². The van der Waals surface area contributed by atoms with E-state index in [0.29, 0.717) is 6.04 Å². The zero-order valence-electron chi connectivity index (χ0n) is 17.8. The fourth-order valence-electron chi connectivity index (χ4n) is 4.33. The van der Waals surface area contributed by atoms with Gasteiger partial charge in [0, 0.05) is 43.3 Å².